The Kier molecular flexibility index (Phi) is 5.88. The molecule has 0 aromatic carbocycles. The van der Waals surface area contributed by atoms with Crippen molar-refractivity contribution in [3.8, 4) is 0 Å². The van der Waals surface area contributed by atoms with E-state index in [1.807, 2.05) is 0 Å². The molecule has 3 amide bonds. The standard InChI is InChI=1S/C16H29N3O2/c1-12(2)11-17-15(20)14-9-6-10-19(14)16(21)18-13-7-4-3-5-8-13/h12-14H,3-11H2,1-2H3,(H,17,20)(H,18,21). The summed E-state index contributed by atoms with van der Waals surface area (Å²) in [7, 11) is 0. The molecule has 1 heterocycles. The quantitative estimate of drug-likeness (QED) is 0.836. The normalized spacial score (nSPS) is 23.4. The van der Waals surface area contributed by atoms with E-state index in [9.17, 15) is 9.59 Å². The number of likely N-dealkylation sites (tertiary alicyclic amines) is 1. The van der Waals surface area contributed by atoms with Crippen LogP contribution in [0.25, 0.3) is 0 Å². The second-order valence-electron chi connectivity index (χ2n) is 6.77. The maximum Gasteiger partial charge on any atom is 0.318 e. The van der Waals surface area contributed by atoms with Crippen LogP contribution in [0.2, 0.25) is 0 Å². The minimum Gasteiger partial charge on any atom is -0.354 e. The van der Waals surface area contributed by atoms with Crippen molar-refractivity contribution in [3.05, 3.63) is 0 Å². The van der Waals surface area contributed by atoms with Crippen LogP contribution in [0.3, 0.4) is 0 Å². The summed E-state index contributed by atoms with van der Waals surface area (Å²) in [4.78, 5) is 26.4. The smallest absolute Gasteiger partial charge is 0.318 e. The Hall–Kier alpha value is -1.26. The van der Waals surface area contributed by atoms with Gasteiger partial charge < -0.3 is 15.5 Å². The zero-order valence-electron chi connectivity index (χ0n) is 13.4. The summed E-state index contributed by atoms with van der Waals surface area (Å²) in [6.07, 6.45) is 7.51. The van der Waals surface area contributed by atoms with Crippen LogP contribution in [0.1, 0.15) is 58.8 Å². The molecule has 21 heavy (non-hydrogen) atoms. The first-order valence-corrected chi connectivity index (χ1v) is 8.42. The number of urea groups is 1. The van der Waals surface area contributed by atoms with Crippen LogP contribution in [-0.2, 0) is 4.79 Å². The monoisotopic (exact) mass is 295 g/mol. The van der Waals surface area contributed by atoms with E-state index in [-0.39, 0.29) is 18.0 Å². The van der Waals surface area contributed by atoms with Gasteiger partial charge in [-0.3, -0.25) is 4.79 Å². The molecule has 2 rings (SSSR count). The molecule has 1 unspecified atom stereocenters. The van der Waals surface area contributed by atoms with E-state index in [2.05, 4.69) is 24.5 Å². The van der Waals surface area contributed by atoms with E-state index in [4.69, 9.17) is 0 Å². The van der Waals surface area contributed by atoms with Gasteiger partial charge in [0.05, 0.1) is 0 Å². The molecule has 2 aliphatic rings. The second kappa shape index (κ2) is 7.66. The number of amides is 3. The molecule has 1 saturated carbocycles. The van der Waals surface area contributed by atoms with Crippen LogP contribution in [0.4, 0.5) is 4.79 Å². The lowest BCUT2D eigenvalue weighted by molar-refractivity contribution is -0.124. The molecule has 0 bridgehead atoms. The molecule has 120 valence electrons. The summed E-state index contributed by atoms with van der Waals surface area (Å²) in [5.74, 6) is 0.430. The zero-order valence-corrected chi connectivity index (χ0v) is 13.4. The van der Waals surface area contributed by atoms with Crippen LogP contribution >= 0.6 is 0 Å². The fraction of sp³-hybridized carbons (Fsp3) is 0.875. The molecular weight excluding hydrogens is 266 g/mol. The Morgan fingerprint density at radius 3 is 2.48 bits per heavy atom. The summed E-state index contributed by atoms with van der Waals surface area (Å²) in [5, 5.41) is 6.07. The first kappa shape index (κ1) is 16.1. The number of rotatable bonds is 4. The predicted octanol–water partition coefficient (Wildman–Crippen LogP) is 2.27. The third kappa shape index (κ3) is 4.61. The minimum atomic E-state index is -0.285. The van der Waals surface area contributed by atoms with Crippen molar-refractivity contribution < 1.29 is 9.59 Å². The first-order valence-electron chi connectivity index (χ1n) is 8.42. The molecule has 5 nitrogen and oxygen atoms in total. The number of hydrogen-bond donors (Lipinski definition) is 2. The highest BCUT2D eigenvalue weighted by atomic mass is 16.2. The summed E-state index contributed by atoms with van der Waals surface area (Å²) < 4.78 is 0. The van der Waals surface area contributed by atoms with Crippen molar-refractivity contribution in [2.45, 2.75) is 70.9 Å². The number of carbonyl (C=O) groups excluding carboxylic acids is 2. The van der Waals surface area contributed by atoms with Crippen molar-refractivity contribution in [2.75, 3.05) is 13.1 Å². The Bertz CT molecular complexity index is 365. The lowest BCUT2D eigenvalue weighted by atomic mass is 9.96. The second-order valence-corrected chi connectivity index (χ2v) is 6.77. The largest absolute Gasteiger partial charge is 0.354 e. The lowest BCUT2D eigenvalue weighted by Crippen LogP contribution is -2.52. The van der Waals surface area contributed by atoms with Crippen molar-refractivity contribution in [2.24, 2.45) is 5.92 Å². The highest BCUT2D eigenvalue weighted by molar-refractivity contribution is 5.87. The van der Waals surface area contributed by atoms with Gasteiger partial charge in [-0.25, -0.2) is 4.79 Å². The van der Waals surface area contributed by atoms with E-state index in [0.717, 1.165) is 25.7 Å². The molecule has 1 saturated heterocycles. The van der Waals surface area contributed by atoms with Crippen LogP contribution in [0.15, 0.2) is 0 Å². The summed E-state index contributed by atoms with van der Waals surface area (Å²) in [6, 6.07) is -0.0392. The van der Waals surface area contributed by atoms with Gasteiger partial charge in [0.15, 0.2) is 0 Å². The third-order valence-corrected chi connectivity index (χ3v) is 4.43. The number of hydrogen-bond acceptors (Lipinski definition) is 2. The van der Waals surface area contributed by atoms with E-state index >= 15 is 0 Å². The summed E-state index contributed by atoms with van der Waals surface area (Å²) in [6.45, 7) is 5.51. The molecule has 0 radical (unpaired) electrons. The van der Waals surface area contributed by atoms with Crippen molar-refractivity contribution in [1.82, 2.24) is 15.5 Å². The Morgan fingerprint density at radius 2 is 1.81 bits per heavy atom. The molecule has 1 aliphatic heterocycles. The fourth-order valence-corrected chi connectivity index (χ4v) is 3.21. The van der Waals surface area contributed by atoms with Crippen molar-refractivity contribution in [1.29, 1.82) is 0 Å². The van der Waals surface area contributed by atoms with Gasteiger partial charge in [-0.15, -0.1) is 0 Å². The Labute approximate surface area is 127 Å². The summed E-state index contributed by atoms with van der Waals surface area (Å²) >= 11 is 0. The highest BCUT2D eigenvalue weighted by Gasteiger charge is 2.34. The fourth-order valence-electron chi connectivity index (χ4n) is 3.21. The maximum atomic E-state index is 12.4. The summed E-state index contributed by atoms with van der Waals surface area (Å²) in [5.41, 5.74) is 0. The van der Waals surface area contributed by atoms with Gasteiger partial charge >= 0.3 is 6.03 Å². The van der Waals surface area contributed by atoms with Gasteiger partial charge in [0.25, 0.3) is 0 Å². The van der Waals surface area contributed by atoms with Crippen LogP contribution in [-0.4, -0.2) is 42.0 Å². The van der Waals surface area contributed by atoms with Gasteiger partial charge in [0.1, 0.15) is 6.04 Å². The molecule has 0 aromatic rings. The highest BCUT2D eigenvalue weighted by Crippen LogP contribution is 2.20. The maximum absolute atomic E-state index is 12.4. The molecule has 2 N–H and O–H groups in total. The van der Waals surface area contributed by atoms with Gasteiger partial charge in [-0.05, 0) is 31.6 Å². The predicted molar refractivity (Wildman–Crippen MR) is 83.0 cm³/mol. The molecule has 5 heteroatoms. The number of carbonyl (C=O) groups is 2. The lowest BCUT2D eigenvalue weighted by Gasteiger charge is -2.29. The molecule has 1 atom stereocenters. The first-order chi connectivity index (χ1) is 10.1. The Balaban J connectivity index is 1.85. The van der Waals surface area contributed by atoms with Crippen molar-refractivity contribution >= 4 is 11.9 Å². The van der Waals surface area contributed by atoms with E-state index in [1.54, 1.807) is 4.90 Å². The van der Waals surface area contributed by atoms with Gasteiger partial charge in [-0.1, -0.05) is 33.1 Å². The minimum absolute atomic E-state index is 0.00000541. The molecule has 2 fully saturated rings. The average Bonchev–Trinajstić information content (AvgIpc) is 2.95. The molecular formula is C16H29N3O2. The molecule has 1 aliphatic carbocycles. The molecule has 0 spiro atoms. The van der Waals surface area contributed by atoms with E-state index in [1.165, 1.54) is 19.3 Å². The number of nitrogens with zero attached hydrogens (tertiary/aromatic N) is 1. The van der Waals surface area contributed by atoms with Crippen LogP contribution in [0.5, 0.6) is 0 Å². The van der Waals surface area contributed by atoms with Gasteiger partial charge in [-0.2, -0.15) is 0 Å². The Morgan fingerprint density at radius 1 is 1.10 bits per heavy atom. The third-order valence-electron chi connectivity index (χ3n) is 4.43. The van der Waals surface area contributed by atoms with Gasteiger partial charge in [0, 0.05) is 19.1 Å². The van der Waals surface area contributed by atoms with Crippen LogP contribution < -0.4 is 10.6 Å². The van der Waals surface area contributed by atoms with Crippen LogP contribution in [0, 0.1) is 5.92 Å². The average molecular weight is 295 g/mol. The van der Waals surface area contributed by atoms with E-state index in [0.29, 0.717) is 25.0 Å². The molecule has 0 aromatic heterocycles. The number of nitrogens with one attached hydrogen (secondary N) is 2. The topological polar surface area (TPSA) is 61.4 Å². The van der Waals surface area contributed by atoms with Gasteiger partial charge in [0.2, 0.25) is 5.91 Å². The van der Waals surface area contributed by atoms with E-state index < -0.39 is 0 Å². The SMILES string of the molecule is CC(C)CNC(=O)C1CCCN1C(=O)NC1CCCCC1. The van der Waals surface area contributed by atoms with Crippen molar-refractivity contribution in [3.63, 3.8) is 0 Å². The zero-order chi connectivity index (χ0) is 15.2.